The summed E-state index contributed by atoms with van der Waals surface area (Å²) in [5.74, 6) is 4.73. The zero-order valence-electron chi connectivity index (χ0n) is 20.3. The second-order valence-electron chi connectivity index (χ2n) is 9.52. The summed E-state index contributed by atoms with van der Waals surface area (Å²) in [6, 6.07) is 43.5. The minimum Gasteiger partial charge on any atom is -0.323 e. The Bertz CT molecular complexity index is 982. The molecule has 0 spiro atoms. The topological polar surface area (TPSA) is 55.1 Å². The number of carbonyl (C=O) groups is 1. The molecule has 1 amide bonds. The minimum absolute atomic E-state index is 0.137. The average Bonchev–Trinajstić information content (AvgIpc) is 2.87. The number of quaternary nitrogens is 1. The summed E-state index contributed by atoms with van der Waals surface area (Å²) < 4.78 is 0.600. The Kier molecular flexibility index (Phi) is 8.41. The fourth-order valence-corrected chi connectivity index (χ4v) is 4.60. The molecule has 0 unspecified atom stereocenters. The smallest absolute Gasteiger partial charge is 0.289 e. The van der Waals surface area contributed by atoms with Gasteiger partial charge in [0.25, 0.3) is 5.91 Å². The van der Waals surface area contributed by atoms with Crippen molar-refractivity contribution < 1.29 is 9.28 Å². The van der Waals surface area contributed by atoms with Crippen LogP contribution in [-0.4, -0.2) is 44.2 Å². The molecule has 0 bridgehead atoms. The molecule has 174 valence electrons. The Hall–Kier alpha value is -3.67. The van der Waals surface area contributed by atoms with E-state index in [4.69, 9.17) is 5.84 Å². The van der Waals surface area contributed by atoms with Gasteiger partial charge in [0.1, 0.15) is 6.15 Å². The fourth-order valence-electron chi connectivity index (χ4n) is 4.60. The van der Waals surface area contributed by atoms with Gasteiger partial charge >= 0.3 is 0 Å². The largest absolute Gasteiger partial charge is 0.323 e. The Morgan fingerprint density at radius 3 is 1.06 bits per heavy atom. The minimum atomic E-state index is -1.22. The Morgan fingerprint density at radius 2 is 0.882 bits per heavy atom. The third-order valence-corrected chi connectivity index (χ3v) is 5.98. The summed E-state index contributed by atoms with van der Waals surface area (Å²) in [6.07, 6.45) is -1.22. The van der Waals surface area contributed by atoms with Crippen LogP contribution in [0.4, 0.5) is 0 Å². The SMILES string of the molecule is C[N+](C)(C)CC(=O)NN.c1ccc([B-](c2ccccc2)(c2ccccc2)c2ccccc2)cc1. The van der Waals surface area contributed by atoms with Crippen molar-refractivity contribution in [3.05, 3.63) is 121 Å². The Balaban J connectivity index is 0.000000309. The van der Waals surface area contributed by atoms with E-state index in [9.17, 15) is 4.79 Å². The van der Waals surface area contributed by atoms with Crippen molar-refractivity contribution in [2.45, 2.75) is 0 Å². The van der Waals surface area contributed by atoms with E-state index >= 15 is 0 Å². The van der Waals surface area contributed by atoms with Gasteiger partial charge in [-0.25, -0.2) is 5.84 Å². The fraction of sp³-hybridized carbons (Fsp3) is 0.138. The van der Waals surface area contributed by atoms with Crippen molar-refractivity contribution in [3.63, 3.8) is 0 Å². The van der Waals surface area contributed by atoms with Crippen LogP contribution in [0.1, 0.15) is 0 Å². The number of nitrogens with one attached hydrogen (secondary N) is 1. The number of rotatable bonds is 6. The summed E-state index contributed by atoms with van der Waals surface area (Å²) in [4.78, 5) is 10.6. The van der Waals surface area contributed by atoms with Gasteiger partial charge < -0.3 is 4.48 Å². The molecular weight excluding hydrogens is 417 g/mol. The molecule has 0 aromatic heterocycles. The third-order valence-electron chi connectivity index (χ3n) is 5.98. The molecule has 0 radical (unpaired) electrons. The van der Waals surface area contributed by atoms with Crippen LogP contribution in [0.25, 0.3) is 0 Å². The molecule has 4 aromatic rings. The molecule has 4 nitrogen and oxygen atoms in total. The lowest BCUT2D eigenvalue weighted by atomic mass is 9.13. The highest BCUT2D eigenvalue weighted by atomic mass is 16.2. The maximum atomic E-state index is 10.6. The molecular formula is C29H34BN3O. The van der Waals surface area contributed by atoms with Gasteiger partial charge in [-0.2, -0.15) is 21.9 Å². The number of nitrogens with zero attached hydrogens (tertiary/aromatic N) is 1. The first kappa shape index (κ1) is 25.0. The number of nitrogens with two attached hydrogens (primary N) is 1. The van der Waals surface area contributed by atoms with E-state index in [-0.39, 0.29) is 5.91 Å². The van der Waals surface area contributed by atoms with E-state index in [1.165, 1.54) is 21.9 Å². The zero-order chi connectivity index (χ0) is 24.4. The molecule has 3 N–H and O–H groups in total. The van der Waals surface area contributed by atoms with Crippen LogP contribution in [0.15, 0.2) is 121 Å². The normalized spacial score (nSPS) is 11.2. The standard InChI is InChI=1S/C24H20B.C5H13N3O/c1-5-13-21(14-6-1)25(22-15-7-2-8-16-22,23-17-9-3-10-18-23)24-19-11-4-12-20-24;1-8(2,3)4-5(9)7-6/h1-20H;4,6H2,1-3H3/q-1;/p+1. The van der Waals surface area contributed by atoms with Gasteiger partial charge in [-0.1, -0.05) is 121 Å². The zero-order valence-corrected chi connectivity index (χ0v) is 20.3. The predicted molar refractivity (Wildman–Crippen MR) is 145 cm³/mol. The molecule has 0 atom stereocenters. The van der Waals surface area contributed by atoms with Gasteiger partial charge in [-0.05, 0) is 0 Å². The van der Waals surface area contributed by atoms with E-state index in [0.29, 0.717) is 11.0 Å². The van der Waals surface area contributed by atoms with Gasteiger partial charge in [0.2, 0.25) is 0 Å². The van der Waals surface area contributed by atoms with Crippen LogP contribution >= 0.6 is 0 Å². The lowest BCUT2D eigenvalue weighted by Crippen LogP contribution is -2.74. The molecule has 4 aromatic carbocycles. The molecule has 0 heterocycles. The highest BCUT2D eigenvalue weighted by Crippen LogP contribution is 2.09. The molecule has 0 aliphatic rings. The van der Waals surface area contributed by atoms with Gasteiger partial charge in [0.05, 0.1) is 21.1 Å². The molecule has 0 aliphatic carbocycles. The predicted octanol–water partition coefficient (Wildman–Crippen LogP) is 1.75. The lowest BCUT2D eigenvalue weighted by molar-refractivity contribution is -0.862. The van der Waals surface area contributed by atoms with Gasteiger partial charge in [-0.3, -0.25) is 10.2 Å². The number of amides is 1. The number of hydrazine groups is 1. The van der Waals surface area contributed by atoms with E-state index in [1.54, 1.807) is 0 Å². The second kappa shape index (κ2) is 11.5. The van der Waals surface area contributed by atoms with Crippen LogP contribution in [0.5, 0.6) is 0 Å². The Morgan fingerprint density at radius 1 is 0.618 bits per heavy atom. The first-order chi connectivity index (χ1) is 16.4. The van der Waals surface area contributed by atoms with Crippen LogP contribution in [0, 0.1) is 0 Å². The van der Waals surface area contributed by atoms with Crippen LogP contribution in [-0.2, 0) is 4.79 Å². The van der Waals surface area contributed by atoms with Gasteiger partial charge in [0, 0.05) is 0 Å². The van der Waals surface area contributed by atoms with Crippen molar-refractivity contribution in [1.29, 1.82) is 0 Å². The summed E-state index contributed by atoms with van der Waals surface area (Å²) >= 11 is 0. The molecule has 4 rings (SSSR count). The van der Waals surface area contributed by atoms with E-state index in [0.717, 1.165) is 0 Å². The highest BCUT2D eigenvalue weighted by molar-refractivity contribution is 7.19. The molecule has 0 fully saturated rings. The van der Waals surface area contributed by atoms with Crippen LogP contribution < -0.4 is 33.1 Å². The second-order valence-corrected chi connectivity index (χ2v) is 9.52. The average molecular weight is 451 g/mol. The van der Waals surface area contributed by atoms with Crippen LogP contribution in [0.2, 0.25) is 0 Å². The highest BCUT2D eigenvalue weighted by Gasteiger charge is 2.31. The molecule has 0 aliphatic heterocycles. The quantitative estimate of drug-likeness (QED) is 0.154. The molecule has 5 heteroatoms. The maximum absolute atomic E-state index is 10.6. The van der Waals surface area contributed by atoms with Crippen molar-refractivity contribution in [1.82, 2.24) is 5.43 Å². The third kappa shape index (κ3) is 6.01. The van der Waals surface area contributed by atoms with Crippen molar-refractivity contribution in [2.75, 3.05) is 27.7 Å². The number of hydrogen-bond donors (Lipinski definition) is 2. The summed E-state index contributed by atoms with van der Waals surface area (Å²) in [7, 11) is 5.78. The molecule has 34 heavy (non-hydrogen) atoms. The summed E-state index contributed by atoms with van der Waals surface area (Å²) in [5.41, 5.74) is 7.42. The molecule has 0 saturated carbocycles. The van der Waals surface area contributed by atoms with E-state index in [2.05, 4.69) is 127 Å². The summed E-state index contributed by atoms with van der Waals surface area (Å²) in [5, 5.41) is 0. The number of carbonyl (C=O) groups excluding carboxylic acids is 1. The number of hydrogen-bond acceptors (Lipinski definition) is 2. The number of likely N-dealkylation sites (N-methyl/N-ethyl adjacent to an activating group) is 1. The summed E-state index contributed by atoms with van der Waals surface area (Å²) in [6.45, 7) is 0.413. The van der Waals surface area contributed by atoms with E-state index < -0.39 is 6.15 Å². The van der Waals surface area contributed by atoms with Gasteiger partial charge in [-0.15, -0.1) is 0 Å². The Labute approximate surface area is 203 Å². The van der Waals surface area contributed by atoms with Crippen molar-refractivity contribution in [3.8, 4) is 0 Å². The first-order valence-electron chi connectivity index (χ1n) is 11.6. The number of benzene rings is 4. The maximum Gasteiger partial charge on any atom is 0.289 e. The lowest BCUT2D eigenvalue weighted by Gasteiger charge is -2.44. The van der Waals surface area contributed by atoms with E-state index in [1.807, 2.05) is 21.1 Å². The molecule has 0 saturated heterocycles. The monoisotopic (exact) mass is 451 g/mol. The van der Waals surface area contributed by atoms with Gasteiger partial charge in [0.15, 0.2) is 6.54 Å². The first-order valence-corrected chi connectivity index (χ1v) is 11.6. The van der Waals surface area contributed by atoms with Crippen LogP contribution in [0.3, 0.4) is 0 Å². The van der Waals surface area contributed by atoms with Crippen molar-refractivity contribution >= 4 is 33.9 Å². The van der Waals surface area contributed by atoms with Crippen molar-refractivity contribution in [2.24, 2.45) is 5.84 Å².